The van der Waals surface area contributed by atoms with Crippen molar-refractivity contribution in [3.05, 3.63) is 77.9 Å². The highest BCUT2D eigenvalue weighted by Gasteiger charge is 2.11. The van der Waals surface area contributed by atoms with Crippen LogP contribution in [0.25, 0.3) is 5.69 Å². The van der Waals surface area contributed by atoms with Crippen LogP contribution in [0.2, 0.25) is 0 Å². The van der Waals surface area contributed by atoms with E-state index in [1.54, 1.807) is 18.6 Å². The van der Waals surface area contributed by atoms with Gasteiger partial charge in [-0.2, -0.15) is 5.10 Å². The average molecular weight is 306 g/mol. The number of benzene rings is 1. The van der Waals surface area contributed by atoms with Gasteiger partial charge in [-0.15, -0.1) is 0 Å². The predicted octanol–water partition coefficient (Wildman–Crippen LogP) is 3.07. The predicted molar refractivity (Wildman–Crippen MR) is 88.4 cm³/mol. The number of hydrogen-bond donors (Lipinski definition) is 1. The van der Waals surface area contributed by atoms with Crippen LogP contribution in [-0.2, 0) is 0 Å². The SMILES string of the molecule is Cc1ccnn1-c1ccc(C(=O)N[C@H](C)c2ccncc2)cc1. The topological polar surface area (TPSA) is 59.8 Å². The van der Waals surface area contributed by atoms with Crippen LogP contribution >= 0.6 is 0 Å². The van der Waals surface area contributed by atoms with E-state index in [0.29, 0.717) is 5.56 Å². The lowest BCUT2D eigenvalue weighted by Crippen LogP contribution is -2.26. The van der Waals surface area contributed by atoms with Crippen LogP contribution in [0.3, 0.4) is 0 Å². The van der Waals surface area contributed by atoms with Gasteiger partial charge in [0.25, 0.3) is 5.91 Å². The standard InChI is InChI=1S/C18H18N4O/c1-13-7-12-20-22(13)17-5-3-16(4-6-17)18(23)21-14(2)15-8-10-19-11-9-15/h3-12,14H,1-2H3,(H,21,23)/t14-/m1/s1. The van der Waals surface area contributed by atoms with E-state index in [9.17, 15) is 4.79 Å². The Labute approximate surface area is 135 Å². The molecule has 2 heterocycles. The van der Waals surface area contributed by atoms with E-state index in [0.717, 1.165) is 16.9 Å². The number of hydrogen-bond acceptors (Lipinski definition) is 3. The molecule has 0 spiro atoms. The first-order valence-electron chi connectivity index (χ1n) is 7.47. The summed E-state index contributed by atoms with van der Waals surface area (Å²) >= 11 is 0. The summed E-state index contributed by atoms with van der Waals surface area (Å²) in [4.78, 5) is 16.3. The number of aromatic nitrogens is 3. The summed E-state index contributed by atoms with van der Waals surface area (Å²) in [6.07, 6.45) is 5.20. The molecule has 0 saturated carbocycles. The molecule has 2 aromatic heterocycles. The number of carbonyl (C=O) groups excluding carboxylic acids is 1. The zero-order valence-corrected chi connectivity index (χ0v) is 13.1. The molecule has 1 aromatic carbocycles. The quantitative estimate of drug-likeness (QED) is 0.806. The molecule has 0 saturated heterocycles. The number of nitrogens with zero attached hydrogens (tertiary/aromatic N) is 3. The number of nitrogens with one attached hydrogen (secondary N) is 1. The van der Waals surface area contributed by atoms with Crippen molar-refractivity contribution >= 4 is 5.91 Å². The molecule has 0 radical (unpaired) electrons. The van der Waals surface area contributed by atoms with Crippen molar-refractivity contribution in [2.75, 3.05) is 0 Å². The summed E-state index contributed by atoms with van der Waals surface area (Å²) in [5.74, 6) is -0.0990. The Morgan fingerprint density at radius 1 is 1.04 bits per heavy atom. The molecule has 3 aromatic rings. The van der Waals surface area contributed by atoms with Crippen LogP contribution < -0.4 is 5.32 Å². The van der Waals surface area contributed by atoms with E-state index < -0.39 is 0 Å². The number of carbonyl (C=O) groups is 1. The summed E-state index contributed by atoms with van der Waals surface area (Å²) in [6, 6.07) is 13.1. The van der Waals surface area contributed by atoms with Gasteiger partial charge in [0.05, 0.1) is 11.7 Å². The number of pyridine rings is 1. The minimum absolute atomic E-state index is 0.0708. The van der Waals surface area contributed by atoms with Crippen LogP contribution in [-0.4, -0.2) is 20.7 Å². The molecule has 0 aliphatic carbocycles. The Hall–Kier alpha value is -2.95. The summed E-state index contributed by atoms with van der Waals surface area (Å²) in [7, 11) is 0. The number of aryl methyl sites for hydroxylation is 1. The van der Waals surface area contributed by atoms with E-state index in [2.05, 4.69) is 15.4 Å². The number of rotatable bonds is 4. The second-order valence-electron chi connectivity index (χ2n) is 5.41. The van der Waals surface area contributed by atoms with Crippen molar-refractivity contribution in [2.24, 2.45) is 0 Å². The number of amides is 1. The fourth-order valence-corrected chi connectivity index (χ4v) is 2.41. The molecule has 1 N–H and O–H groups in total. The lowest BCUT2D eigenvalue weighted by molar-refractivity contribution is 0.0940. The van der Waals surface area contributed by atoms with E-state index in [1.165, 1.54) is 0 Å². The van der Waals surface area contributed by atoms with Crippen LogP contribution in [0.5, 0.6) is 0 Å². The molecule has 23 heavy (non-hydrogen) atoms. The molecule has 0 fully saturated rings. The van der Waals surface area contributed by atoms with E-state index >= 15 is 0 Å². The fraction of sp³-hybridized carbons (Fsp3) is 0.167. The lowest BCUT2D eigenvalue weighted by Gasteiger charge is -2.14. The highest BCUT2D eigenvalue weighted by Crippen LogP contribution is 2.14. The third-order valence-corrected chi connectivity index (χ3v) is 3.76. The van der Waals surface area contributed by atoms with Crippen molar-refractivity contribution in [1.82, 2.24) is 20.1 Å². The fourth-order valence-electron chi connectivity index (χ4n) is 2.41. The van der Waals surface area contributed by atoms with Gasteiger partial charge in [-0.05, 0) is 61.9 Å². The molecule has 0 bridgehead atoms. The minimum atomic E-state index is -0.0990. The second-order valence-corrected chi connectivity index (χ2v) is 5.41. The zero-order chi connectivity index (χ0) is 16.2. The Kier molecular flexibility index (Phi) is 4.19. The summed E-state index contributed by atoms with van der Waals surface area (Å²) in [5.41, 5.74) is 3.64. The molecular formula is C18H18N4O. The molecule has 5 heteroatoms. The maximum atomic E-state index is 12.3. The average Bonchev–Trinajstić information content (AvgIpc) is 3.02. The van der Waals surface area contributed by atoms with Gasteiger partial charge in [0.1, 0.15) is 0 Å². The van der Waals surface area contributed by atoms with E-state index in [-0.39, 0.29) is 11.9 Å². The first kappa shape index (κ1) is 15.0. The van der Waals surface area contributed by atoms with Gasteiger partial charge >= 0.3 is 0 Å². The third-order valence-electron chi connectivity index (χ3n) is 3.76. The third kappa shape index (κ3) is 3.29. The Balaban J connectivity index is 1.72. The Morgan fingerprint density at radius 2 is 1.74 bits per heavy atom. The smallest absolute Gasteiger partial charge is 0.251 e. The van der Waals surface area contributed by atoms with Gasteiger partial charge in [-0.3, -0.25) is 9.78 Å². The lowest BCUT2D eigenvalue weighted by atomic mass is 10.1. The summed E-state index contributed by atoms with van der Waals surface area (Å²) < 4.78 is 1.83. The maximum absolute atomic E-state index is 12.3. The molecule has 0 aliphatic rings. The summed E-state index contributed by atoms with van der Waals surface area (Å²) in [5, 5.41) is 7.25. The van der Waals surface area contributed by atoms with Crippen molar-refractivity contribution in [3.8, 4) is 5.69 Å². The summed E-state index contributed by atoms with van der Waals surface area (Å²) in [6.45, 7) is 3.94. The minimum Gasteiger partial charge on any atom is -0.346 e. The van der Waals surface area contributed by atoms with Gasteiger partial charge in [0, 0.05) is 29.8 Å². The second kappa shape index (κ2) is 6.44. The van der Waals surface area contributed by atoms with E-state index in [1.807, 2.05) is 61.0 Å². The molecule has 3 rings (SSSR count). The van der Waals surface area contributed by atoms with Crippen molar-refractivity contribution in [2.45, 2.75) is 19.9 Å². The van der Waals surface area contributed by atoms with Crippen molar-refractivity contribution in [3.63, 3.8) is 0 Å². The molecule has 116 valence electrons. The zero-order valence-electron chi connectivity index (χ0n) is 13.1. The molecule has 1 amide bonds. The first-order chi connectivity index (χ1) is 11.1. The van der Waals surface area contributed by atoms with Gasteiger partial charge in [-0.25, -0.2) is 4.68 Å². The highest BCUT2D eigenvalue weighted by molar-refractivity contribution is 5.94. The van der Waals surface area contributed by atoms with Gasteiger partial charge in [-0.1, -0.05) is 0 Å². The molecule has 1 atom stereocenters. The largest absolute Gasteiger partial charge is 0.346 e. The molecule has 0 aliphatic heterocycles. The van der Waals surface area contributed by atoms with E-state index in [4.69, 9.17) is 0 Å². The van der Waals surface area contributed by atoms with Crippen LogP contribution in [0, 0.1) is 6.92 Å². The molecular weight excluding hydrogens is 288 g/mol. The van der Waals surface area contributed by atoms with Gasteiger partial charge < -0.3 is 5.32 Å². The monoisotopic (exact) mass is 306 g/mol. The van der Waals surface area contributed by atoms with Crippen LogP contribution in [0.4, 0.5) is 0 Å². The van der Waals surface area contributed by atoms with Crippen LogP contribution in [0.15, 0.2) is 61.1 Å². The maximum Gasteiger partial charge on any atom is 0.251 e. The van der Waals surface area contributed by atoms with Crippen molar-refractivity contribution in [1.29, 1.82) is 0 Å². The highest BCUT2D eigenvalue weighted by atomic mass is 16.1. The van der Waals surface area contributed by atoms with Crippen molar-refractivity contribution < 1.29 is 4.79 Å². The van der Waals surface area contributed by atoms with Gasteiger partial charge in [0.15, 0.2) is 0 Å². The normalized spacial score (nSPS) is 11.9. The Bertz CT molecular complexity index is 793. The van der Waals surface area contributed by atoms with Gasteiger partial charge in [0.2, 0.25) is 0 Å². The Morgan fingerprint density at radius 3 is 2.35 bits per heavy atom. The first-order valence-corrected chi connectivity index (χ1v) is 7.47. The molecule has 0 unspecified atom stereocenters. The van der Waals surface area contributed by atoms with Crippen LogP contribution in [0.1, 0.15) is 34.6 Å². The molecule has 5 nitrogen and oxygen atoms in total.